The van der Waals surface area contributed by atoms with Crippen LogP contribution >= 0.6 is 11.6 Å². The number of aromatic nitrogens is 2. The lowest BCUT2D eigenvalue weighted by Gasteiger charge is -2.14. The average molecular weight is 588 g/mol. The van der Waals surface area contributed by atoms with Crippen LogP contribution in [0.1, 0.15) is 0 Å². The summed E-state index contributed by atoms with van der Waals surface area (Å²) >= 11 is 6.25. The van der Waals surface area contributed by atoms with Crippen molar-refractivity contribution in [3.05, 3.63) is 90.0 Å². The average Bonchev–Trinajstić information content (AvgIpc) is 3.66. The molecule has 8 nitrogen and oxygen atoms in total. The smallest absolute Gasteiger partial charge is 0.177 e. The highest BCUT2D eigenvalue weighted by atomic mass is 35.5. The number of furan rings is 1. The first-order chi connectivity index (χ1) is 20.6. The second-order valence-corrected chi connectivity index (χ2v) is 9.87. The zero-order chi connectivity index (χ0) is 29.3. The molecule has 0 saturated carbocycles. The number of hydrogen-bond acceptors (Lipinski definition) is 7. The van der Waals surface area contributed by atoms with Crippen LogP contribution in [0.2, 0.25) is 5.02 Å². The van der Waals surface area contributed by atoms with Crippen LogP contribution in [-0.2, 0) is 16.0 Å². The molecule has 0 aliphatic rings. The molecule has 2 heterocycles. The Balaban J connectivity index is 1.59. The molecular weight excluding hydrogens is 554 g/mol. The normalized spacial score (nSPS) is 11.1. The van der Waals surface area contributed by atoms with Gasteiger partial charge >= 0.3 is 0 Å². The first-order valence-corrected chi connectivity index (χ1v) is 14.1. The van der Waals surface area contributed by atoms with Crippen molar-refractivity contribution in [1.82, 2.24) is 9.55 Å². The molecule has 0 unspecified atom stereocenters. The molecule has 3 aromatic carbocycles. The maximum atomic E-state index is 6.38. The summed E-state index contributed by atoms with van der Waals surface area (Å²) in [5, 5.41) is 0.642. The molecule has 0 spiro atoms. The van der Waals surface area contributed by atoms with Crippen LogP contribution in [0.3, 0.4) is 0 Å². The van der Waals surface area contributed by atoms with E-state index in [9.17, 15) is 0 Å². The van der Waals surface area contributed by atoms with E-state index in [-0.39, 0.29) is 0 Å². The summed E-state index contributed by atoms with van der Waals surface area (Å²) in [4.78, 5) is 5.17. The van der Waals surface area contributed by atoms with Crippen LogP contribution in [-0.4, -0.2) is 56.7 Å². The van der Waals surface area contributed by atoms with Gasteiger partial charge in [-0.05, 0) is 72.8 Å². The number of ether oxygens (including phenoxy) is 4. The monoisotopic (exact) mass is 587 g/mol. The van der Waals surface area contributed by atoms with Crippen LogP contribution in [0.5, 0.6) is 11.5 Å². The Morgan fingerprint density at radius 2 is 1.38 bits per heavy atom. The van der Waals surface area contributed by atoms with E-state index >= 15 is 0 Å². The van der Waals surface area contributed by atoms with E-state index in [1.807, 2.05) is 84.9 Å². The second-order valence-electron chi connectivity index (χ2n) is 9.43. The number of hydrogen-bond donors (Lipinski definition) is 1. The molecule has 0 atom stereocenters. The first kappa shape index (κ1) is 29.4. The highest BCUT2D eigenvalue weighted by Crippen LogP contribution is 2.39. The number of halogens is 1. The third-order valence-electron chi connectivity index (χ3n) is 6.72. The van der Waals surface area contributed by atoms with Crippen molar-refractivity contribution in [3.8, 4) is 56.9 Å². The molecule has 218 valence electrons. The lowest BCUT2D eigenvalue weighted by molar-refractivity contribution is 0.0479. The Labute approximate surface area is 250 Å². The Bertz CT molecular complexity index is 1580. The molecule has 0 aliphatic heterocycles. The Hall–Kier alpha value is -4.08. The zero-order valence-electron chi connectivity index (χ0n) is 23.7. The third-order valence-corrected chi connectivity index (χ3v) is 6.96. The van der Waals surface area contributed by atoms with Gasteiger partial charge in [0.05, 0.1) is 52.0 Å². The SMILES string of the molecule is COc1ccc(-c2nc(-c3ccc(-c4cccc(Cl)c4)o3)n(CCOCCOCCN)c2-c2ccc(OC)cc2)cc1. The molecule has 0 aliphatic carbocycles. The van der Waals surface area contributed by atoms with Crippen molar-refractivity contribution < 1.29 is 23.4 Å². The molecule has 2 N–H and O–H groups in total. The van der Waals surface area contributed by atoms with Gasteiger partial charge in [-0.25, -0.2) is 4.98 Å². The van der Waals surface area contributed by atoms with Crippen molar-refractivity contribution in [3.63, 3.8) is 0 Å². The molecule has 5 rings (SSSR count). The quantitative estimate of drug-likeness (QED) is 0.143. The van der Waals surface area contributed by atoms with Gasteiger partial charge in [0.25, 0.3) is 0 Å². The fraction of sp³-hybridized carbons (Fsp3) is 0.242. The largest absolute Gasteiger partial charge is 0.497 e. The highest BCUT2D eigenvalue weighted by Gasteiger charge is 2.23. The summed E-state index contributed by atoms with van der Waals surface area (Å²) in [5.41, 5.74) is 10.1. The van der Waals surface area contributed by atoms with Gasteiger partial charge in [-0.15, -0.1) is 0 Å². The number of nitrogens with two attached hydrogens (primary N) is 1. The van der Waals surface area contributed by atoms with Crippen molar-refractivity contribution in [2.24, 2.45) is 5.73 Å². The van der Waals surface area contributed by atoms with Crippen LogP contribution in [0.15, 0.2) is 89.3 Å². The summed E-state index contributed by atoms with van der Waals surface area (Å²) in [6, 6.07) is 27.3. The number of nitrogens with zero attached hydrogens (tertiary/aromatic N) is 2. The van der Waals surface area contributed by atoms with Gasteiger partial charge in [0, 0.05) is 34.8 Å². The lowest BCUT2D eigenvalue weighted by atomic mass is 10.0. The van der Waals surface area contributed by atoms with Gasteiger partial charge in [-0.3, -0.25) is 0 Å². The van der Waals surface area contributed by atoms with Gasteiger partial charge in [0.2, 0.25) is 0 Å². The van der Waals surface area contributed by atoms with Gasteiger partial charge in [-0.1, -0.05) is 23.7 Å². The minimum absolute atomic E-state index is 0.447. The Kier molecular flexibility index (Phi) is 9.94. The van der Waals surface area contributed by atoms with Crippen LogP contribution in [0, 0.1) is 0 Å². The fourth-order valence-electron chi connectivity index (χ4n) is 4.67. The molecular formula is C33H34ClN3O5. The maximum Gasteiger partial charge on any atom is 0.177 e. The van der Waals surface area contributed by atoms with Crippen LogP contribution in [0.25, 0.3) is 45.4 Å². The van der Waals surface area contributed by atoms with E-state index in [1.165, 1.54) is 0 Å². The zero-order valence-corrected chi connectivity index (χ0v) is 24.5. The summed E-state index contributed by atoms with van der Waals surface area (Å²) in [7, 11) is 3.31. The van der Waals surface area contributed by atoms with Gasteiger partial charge in [0.1, 0.15) is 17.3 Å². The van der Waals surface area contributed by atoms with Crippen LogP contribution < -0.4 is 15.2 Å². The topological polar surface area (TPSA) is 93.9 Å². The molecule has 5 aromatic rings. The van der Waals surface area contributed by atoms with Crippen molar-refractivity contribution >= 4 is 11.6 Å². The summed E-state index contributed by atoms with van der Waals surface area (Å²) in [5.74, 6) is 3.56. The maximum absolute atomic E-state index is 6.38. The van der Waals surface area contributed by atoms with E-state index in [2.05, 4.69) is 4.57 Å². The first-order valence-electron chi connectivity index (χ1n) is 13.7. The van der Waals surface area contributed by atoms with Crippen molar-refractivity contribution in [2.45, 2.75) is 6.54 Å². The van der Waals surface area contributed by atoms with E-state index in [0.29, 0.717) is 61.9 Å². The number of methoxy groups -OCH3 is 2. The van der Waals surface area contributed by atoms with E-state index in [4.69, 9.17) is 45.7 Å². The lowest BCUT2D eigenvalue weighted by Crippen LogP contribution is -2.14. The molecule has 0 bridgehead atoms. The predicted octanol–water partition coefficient (Wildman–Crippen LogP) is 6.81. The number of benzene rings is 3. The van der Waals surface area contributed by atoms with E-state index in [1.54, 1.807) is 14.2 Å². The molecule has 0 saturated heterocycles. The second kappa shape index (κ2) is 14.2. The number of rotatable bonds is 14. The van der Waals surface area contributed by atoms with E-state index in [0.717, 1.165) is 39.6 Å². The van der Waals surface area contributed by atoms with Crippen LogP contribution in [0.4, 0.5) is 0 Å². The Morgan fingerprint density at radius 3 is 2.02 bits per heavy atom. The fourth-order valence-corrected chi connectivity index (χ4v) is 4.86. The highest BCUT2D eigenvalue weighted by molar-refractivity contribution is 6.30. The number of imidazole rings is 1. The minimum atomic E-state index is 0.447. The summed E-state index contributed by atoms with van der Waals surface area (Å²) < 4.78 is 30.7. The van der Waals surface area contributed by atoms with E-state index < -0.39 is 0 Å². The van der Waals surface area contributed by atoms with Crippen molar-refractivity contribution in [2.75, 3.05) is 47.2 Å². The van der Waals surface area contributed by atoms with Gasteiger partial charge < -0.3 is 33.7 Å². The summed E-state index contributed by atoms with van der Waals surface area (Å²) in [6.45, 7) is 2.92. The molecule has 9 heteroatoms. The third kappa shape index (κ3) is 6.86. The minimum Gasteiger partial charge on any atom is -0.497 e. The van der Waals surface area contributed by atoms with Gasteiger partial charge in [-0.2, -0.15) is 0 Å². The molecule has 0 fully saturated rings. The Morgan fingerprint density at radius 1 is 0.738 bits per heavy atom. The molecule has 0 amide bonds. The molecule has 0 radical (unpaired) electrons. The molecule has 2 aromatic heterocycles. The summed E-state index contributed by atoms with van der Waals surface area (Å²) in [6.07, 6.45) is 0. The van der Waals surface area contributed by atoms with Crippen molar-refractivity contribution in [1.29, 1.82) is 0 Å². The predicted molar refractivity (Wildman–Crippen MR) is 165 cm³/mol. The van der Waals surface area contributed by atoms with Gasteiger partial charge in [0.15, 0.2) is 11.6 Å². The standard InChI is InChI=1S/C33H34ClN3O5/c1-38-27-10-6-23(7-11-27)31-32(24-8-12-28(39-2)13-9-24)37(17-19-41-21-20-40-18-16-35)33(36-31)30-15-14-29(42-30)25-4-3-5-26(34)22-25/h3-15,22H,16-21,35H2,1-2H3. The molecule has 42 heavy (non-hydrogen) atoms.